The van der Waals surface area contributed by atoms with Gasteiger partial charge in [0, 0.05) is 19.1 Å². The lowest BCUT2D eigenvalue weighted by Gasteiger charge is -2.32. The van der Waals surface area contributed by atoms with Gasteiger partial charge in [-0.25, -0.2) is 0 Å². The fourth-order valence-electron chi connectivity index (χ4n) is 1.26. The van der Waals surface area contributed by atoms with Gasteiger partial charge in [-0.15, -0.1) is 0 Å². The Balaban J connectivity index is 2.78. The summed E-state index contributed by atoms with van der Waals surface area (Å²) < 4.78 is 5.47. The maximum atomic E-state index is 5.47. The van der Waals surface area contributed by atoms with Crippen LogP contribution < -0.4 is 15.4 Å². The van der Waals surface area contributed by atoms with Crippen molar-refractivity contribution < 1.29 is 4.74 Å². The van der Waals surface area contributed by atoms with Crippen molar-refractivity contribution in [3.8, 4) is 6.01 Å². The third-order valence-electron chi connectivity index (χ3n) is 3.16. The molecule has 1 aromatic heterocycles. The van der Waals surface area contributed by atoms with Gasteiger partial charge in [-0.1, -0.05) is 6.92 Å². The molecule has 7 nitrogen and oxygen atoms in total. The summed E-state index contributed by atoms with van der Waals surface area (Å²) in [5.41, 5.74) is -0.00310. The predicted molar refractivity (Wildman–Crippen MR) is 81.4 cm³/mol. The van der Waals surface area contributed by atoms with E-state index in [1.165, 1.54) is 0 Å². The molecule has 0 aliphatic carbocycles. The van der Waals surface area contributed by atoms with E-state index in [0.717, 1.165) is 13.0 Å². The van der Waals surface area contributed by atoms with E-state index >= 15 is 0 Å². The van der Waals surface area contributed by atoms with E-state index < -0.39 is 0 Å². The lowest BCUT2D eigenvalue weighted by atomic mass is 10.1. The van der Waals surface area contributed by atoms with Gasteiger partial charge in [0.25, 0.3) is 0 Å². The molecule has 0 saturated heterocycles. The van der Waals surface area contributed by atoms with Gasteiger partial charge in [0.2, 0.25) is 11.9 Å². The monoisotopic (exact) mass is 282 g/mol. The molecule has 0 spiro atoms. The summed E-state index contributed by atoms with van der Waals surface area (Å²) in [6.07, 6.45) is 0.914. The van der Waals surface area contributed by atoms with Crippen molar-refractivity contribution in [1.82, 2.24) is 19.9 Å². The second-order valence-corrected chi connectivity index (χ2v) is 5.42. The first-order chi connectivity index (χ1) is 9.39. The van der Waals surface area contributed by atoms with Crippen molar-refractivity contribution in [3.05, 3.63) is 0 Å². The van der Waals surface area contributed by atoms with Crippen LogP contribution in [0.1, 0.15) is 27.2 Å². The Labute approximate surface area is 121 Å². The highest BCUT2D eigenvalue weighted by Crippen LogP contribution is 2.14. The number of likely N-dealkylation sites (N-methyl/N-ethyl adjacent to an activating group) is 1. The molecule has 0 saturated carbocycles. The lowest BCUT2D eigenvalue weighted by molar-refractivity contribution is 0.209. The molecule has 1 rings (SSSR count). The number of hydrogen-bond donors (Lipinski definition) is 2. The van der Waals surface area contributed by atoms with Crippen LogP contribution in [0, 0.1) is 0 Å². The van der Waals surface area contributed by atoms with Crippen LogP contribution in [0.3, 0.4) is 0 Å². The van der Waals surface area contributed by atoms with E-state index in [0.29, 0.717) is 24.5 Å². The van der Waals surface area contributed by atoms with Gasteiger partial charge < -0.3 is 20.3 Å². The van der Waals surface area contributed by atoms with Crippen LogP contribution in [-0.2, 0) is 0 Å². The molecule has 1 heterocycles. The minimum atomic E-state index is -0.00310. The molecule has 2 N–H and O–H groups in total. The minimum Gasteiger partial charge on any atom is -0.463 e. The molecule has 0 aromatic carbocycles. The molecule has 0 bridgehead atoms. The Morgan fingerprint density at radius 3 is 2.35 bits per heavy atom. The number of hydrogen-bond acceptors (Lipinski definition) is 7. The van der Waals surface area contributed by atoms with Crippen LogP contribution >= 0.6 is 0 Å². The third kappa shape index (κ3) is 4.80. The molecule has 0 amide bonds. The first-order valence-electron chi connectivity index (χ1n) is 6.87. The van der Waals surface area contributed by atoms with Crippen LogP contribution in [0.15, 0.2) is 0 Å². The zero-order valence-corrected chi connectivity index (χ0v) is 13.3. The summed E-state index contributed by atoms with van der Waals surface area (Å²) in [6.45, 7) is 7.65. The van der Waals surface area contributed by atoms with E-state index in [-0.39, 0.29) is 5.54 Å². The van der Waals surface area contributed by atoms with Gasteiger partial charge in [0.05, 0.1) is 6.61 Å². The van der Waals surface area contributed by atoms with Crippen molar-refractivity contribution in [2.45, 2.75) is 32.7 Å². The molecule has 0 aliphatic heterocycles. The van der Waals surface area contributed by atoms with Crippen molar-refractivity contribution in [1.29, 1.82) is 0 Å². The van der Waals surface area contributed by atoms with Crippen LogP contribution in [0.4, 0.5) is 11.9 Å². The summed E-state index contributed by atoms with van der Waals surface area (Å²) >= 11 is 0. The summed E-state index contributed by atoms with van der Waals surface area (Å²) in [6, 6.07) is 0.344. The highest BCUT2D eigenvalue weighted by molar-refractivity contribution is 5.35. The van der Waals surface area contributed by atoms with Crippen molar-refractivity contribution >= 4 is 11.9 Å². The Morgan fingerprint density at radius 2 is 1.80 bits per heavy atom. The number of nitrogens with one attached hydrogen (secondary N) is 2. The Kier molecular flexibility index (Phi) is 5.94. The maximum absolute atomic E-state index is 5.47. The quantitative estimate of drug-likeness (QED) is 0.747. The summed E-state index contributed by atoms with van der Waals surface area (Å²) in [5, 5.41) is 6.15. The summed E-state index contributed by atoms with van der Waals surface area (Å²) in [7, 11) is 5.86. The minimum absolute atomic E-state index is 0.00310. The molecule has 0 unspecified atom stereocenters. The predicted octanol–water partition coefficient (Wildman–Crippen LogP) is 1.45. The van der Waals surface area contributed by atoms with Crippen LogP contribution in [0.25, 0.3) is 0 Å². The molecular formula is C13H26N6O. The molecule has 0 aliphatic rings. The normalized spacial score (nSPS) is 11.6. The fraction of sp³-hybridized carbons (Fsp3) is 0.769. The molecular weight excluding hydrogens is 256 g/mol. The average Bonchev–Trinajstić information content (AvgIpc) is 2.42. The van der Waals surface area contributed by atoms with Gasteiger partial charge in [-0.05, 0) is 34.4 Å². The van der Waals surface area contributed by atoms with E-state index in [2.05, 4.69) is 44.3 Å². The average molecular weight is 282 g/mol. The zero-order valence-electron chi connectivity index (χ0n) is 13.3. The molecule has 114 valence electrons. The van der Waals surface area contributed by atoms with Gasteiger partial charge in [-0.3, -0.25) is 0 Å². The van der Waals surface area contributed by atoms with E-state index in [1.54, 1.807) is 7.05 Å². The lowest BCUT2D eigenvalue weighted by Crippen LogP contribution is -2.44. The Bertz CT molecular complexity index is 421. The van der Waals surface area contributed by atoms with Crippen molar-refractivity contribution in [3.63, 3.8) is 0 Å². The number of anilines is 2. The van der Waals surface area contributed by atoms with Crippen LogP contribution in [-0.4, -0.2) is 59.7 Å². The van der Waals surface area contributed by atoms with Crippen molar-refractivity contribution in [2.24, 2.45) is 0 Å². The molecule has 20 heavy (non-hydrogen) atoms. The first kappa shape index (κ1) is 16.4. The first-order valence-corrected chi connectivity index (χ1v) is 6.87. The summed E-state index contributed by atoms with van der Waals surface area (Å²) in [5.74, 6) is 1.02. The second-order valence-electron chi connectivity index (χ2n) is 5.42. The van der Waals surface area contributed by atoms with E-state index in [9.17, 15) is 0 Å². The topological polar surface area (TPSA) is 75.2 Å². The second kappa shape index (κ2) is 7.23. The number of ether oxygens (including phenoxy) is 1. The molecule has 0 fully saturated rings. The van der Waals surface area contributed by atoms with E-state index in [1.807, 2.05) is 21.0 Å². The van der Waals surface area contributed by atoms with Crippen LogP contribution in [0.2, 0.25) is 0 Å². The number of aromatic nitrogens is 3. The SMILES string of the molecule is CCCOc1nc(NC)nc(NCC(C)(C)N(C)C)n1. The van der Waals surface area contributed by atoms with Crippen molar-refractivity contribution in [2.75, 3.05) is 44.9 Å². The van der Waals surface area contributed by atoms with Gasteiger partial charge in [0.15, 0.2) is 0 Å². The van der Waals surface area contributed by atoms with E-state index in [4.69, 9.17) is 4.74 Å². The highest BCUT2D eigenvalue weighted by Gasteiger charge is 2.20. The molecule has 7 heteroatoms. The highest BCUT2D eigenvalue weighted by atomic mass is 16.5. The standard InChI is InChI=1S/C13H26N6O/c1-7-8-20-12-17-10(14-4)16-11(18-12)15-9-13(2,3)19(5)6/h7-9H2,1-6H3,(H2,14,15,16,17,18). The smallest absolute Gasteiger partial charge is 0.323 e. The van der Waals surface area contributed by atoms with Crippen LogP contribution in [0.5, 0.6) is 6.01 Å². The molecule has 0 atom stereocenters. The largest absolute Gasteiger partial charge is 0.463 e. The summed E-state index contributed by atoms with van der Waals surface area (Å²) in [4.78, 5) is 14.9. The maximum Gasteiger partial charge on any atom is 0.323 e. The third-order valence-corrected chi connectivity index (χ3v) is 3.16. The molecule has 0 radical (unpaired) electrons. The van der Waals surface area contributed by atoms with Gasteiger partial charge in [-0.2, -0.15) is 15.0 Å². The number of rotatable bonds is 8. The zero-order chi connectivity index (χ0) is 15.2. The van der Waals surface area contributed by atoms with Gasteiger partial charge >= 0.3 is 6.01 Å². The fourth-order valence-corrected chi connectivity index (χ4v) is 1.26. The van der Waals surface area contributed by atoms with Gasteiger partial charge in [0.1, 0.15) is 0 Å². The Hall–Kier alpha value is -1.63. The molecule has 1 aromatic rings. The Morgan fingerprint density at radius 1 is 1.15 bits per heavy atom. The number of nitrogens with zero attached hydrogens (tertiary/aromatic N) is 4.